The van der Waals surface area contributed by atoms with Gasteiger partial charge in [0, 0.05) is 11.6 Å². The largest absolute Gasteiger partial charge is 0.352 e. The fourth-order valence-corrected chi connectivity index (χ4v) is 3.52. The summed E-state index contributed by atoms with van der Waals surface area (Å²) in [5.41, 5.74) is 2.29. The lowest BCUT2D eigenvalue weighted by atomic mass is 9.94. The van der Waals surface area contributed by atoms with Gasteiger partial charge in [0.15, 0.2) is 0 Å². The van der Waals surface area contributed by atoms with E-state index in [-0.39, 0.29) is 5.91 Å². The van der Waals surface area contributed by atoms with Crippen LogP contribution in [0.1, 0.15) is 35.3 Å². The highest BCUT2D eigenvalue weighted by Crippen LogP contribution is 2.20. The molecule has 134 valence electrons. The summed E-state index contributed by atoms with van der Waals surface area (Å²) < 4.78 is 1.75. The zero-order valence-corrected chi connectivity index (χ0v) is 15.6. The third-order valence-electron chi connectivity index (χ3n) is 4.98. The Morgan fingerprint density at radius 2 is 2.12 bits per heavy atom. The smallest absolute Gasteiger partial charge is 0.254 e. The number of nitrogens with one attached hydrogen (secondary N) is 1. The number of rotatable bonds is 5. The van der Waals surface area contributed by atoms with Crippen LogP contribution < -0.4 is 5.32 Å². The second kappa shape index (κ2) is 8.02. The molecule has 1 aromatic heterocycles. The highest BCUT2D eigenvalue weighted by Gasteiger charge is 2.18. The average Bonchev–Trinajstić information content (AvgIpc) is 2.98. The third kappa shape index (κ3) is 4.41. The number of piperidine rings is 1. The number of amides is 1. The van der Waals surface area contributed by atoms with E-state index < -0.39 is 0 Å². The number of halogens is 1. The number of hydrogen-bond donors (Lipinski definition) is 1. The van der Waals surface area contributed by atoms with E-state index in [2.05, 4.69) is 22.4 Å². The summed E-state index contributed by atoms with van der Waals surface area (Å²) in [6.45, 7) is 4.93. The molecule has 0 spiro atoms. The van der Waals surface area contributed by atoms with E-state index >= 15 is 0 Å². The first-order valence-corrected chi connectivity index (χ1v) is 9.19. The molecule has 1 amide bonds. The predicted molar refractivity (Wildman–Crippen MR) is 100 cm³/mol. The number of carbonyl (C=O) groups excluding carboxylic acids is 1. The van der Waals surface area contributed by atoms with Crippen LogP contribution >= 0.6 is 11.6 Å². The molecule has 0 radical (unpaired) electrons. The van der Waals surface area contributed by atoms with E-state index in [1.54, 1.807) is 10.9 Å². The molecule has 0 unspecified atom stereocenters. The molecule has 2 aromatic rings. The van der Waals surface area contributed by atoms with Gasteiger partial charge in [-0.3, -0.25) is 4.79 Å². The summed E-state index contributed by atoms with van der Waals surface area (Å²) in [7, 11) is 2.17. The molecule has 0 aliphatic carbocycles. The molecule has 0 saturated carbocycles. The normalized spacial score (nSPS) is 16.1. The lowest BCUT2D eigenvalue weighted by Crippen LogP contribution is -2.32. The molecular formula is C19H25ClN4O. The highest BCUT2D eigenvalue weighted by atomic mass is 35.5. The van der Waals surface area contributed by atoms with Crippen molar-refractivity contribution in [3.63, 3.8) is 0 Å². The Hall–Kier alpha value is -1.85. The first-order valence-electron chi connectivity index (χ1n) is 8.82. The van der Waals surface area contributed by atoms with Crippen molar-refractivity contribution in [3.8, 4) is 5.69 Å². The van der Waals surface area contributed by atoms with Crippen molar-refractivity contribution in [1.29, 1.82) is 0 Å². The van der Waals surface area contributed by atoms with E-state index in [4.69, 9.17) is 11.6 Å². The Bertz CT molecular complexity index is 735. The van der Waals surface area contributed by atoms with Gasteiger partial charge in [-0.05, 0) is 70.4 Å². The monoisotopic (exact) mass is 360 g/mol. The molecule has 25 heavy (non-hydrogen) atoms. The summed E-state index contributed by atoms with van der Waals surface area (Å²) in [6, 6.07) is 7.46. The molecule has 3 rings (SSSR count). The standard InChI is InChI=1S/C19H25ClN4O/c1-14-18(13-22-24(14)17-5-3-4-16(20)12-17)19(25)21-9-6-15-7-10-23(2)11-8-15/h3-5,12-13,15H,6-11H2,1-2H3,(H,21,25). The van der Waals surface area contributed by atoms with Crippen LogP contribution in [0, 0.1) is 12.8 Å². The molecule has 0 bridgehead atoms. The summed E-state index contributed by atoms with van der Waals surface area (Å²) in [4.78, 5) is 14.8. The van der Waals surface area contributed by atoms with Crippen molar-refractivity contribution >= 4 is 17.5 Å². The number of carbonyl (C=O) groups is 1. The van der Waals surface area contributed by atoms with Crippen LogP contribution in [0.25, 0.3) is 5.69 Å². The van der Waals surface area contributed by atoms with Crippen molar-refractivity contribution in [1.82, 2.24) is 20.0 Å². The molecule has 1 N–H and O–H groups in total. The van der Waals surface area contributed by atoms with E-state index in [1.807, 2.05) is 31.2 Å². The fourth-order valence-electron chi connectivity index (χ4n) is 3.34. The van der Waals surface area contributed by atoms with Crippen LogP contribution in [0.4, 0.5) is 0 Å². The Kier molecular flexibility index (Phi) is 5.76. The van der Waals surface area contributed by atoms with Gasteiger partial charge in [0.25, 0.3) is 5.91 Å². The van der Waals surface area contributed by atoms with E-state index in [0.717, 1.165) is 37.4 Å². The maximum absolute atomic E-state index is 12.5. The second-order valence-corrected chi connectivity index (χ2v) is 7.26. The van der Waals surface area contributed by atoms with Gasteiger partial charge in [0.2, 0.25) is 0 Å². The molecule has 1 aliphatic rings. The molecular weight excluding hydrogens is 336 g/mol. The highest BCUT2D eigenvalue weighted by molar-refractivity contribution is 6.30. The molecule has 1 saturated heterocycles. The van der Waals surface area contributed by atoms with E-state index in [1.165, 1.54) is 12.8 Å². The SMILES string of the molecule is Cc1c(C(=O)NCCC2CCN(C)CC2)cnn1-c1cccc(Cl)c1. The van der Waals surface area contributed by atoms with E-state index in [0.29, 0.717) is 16.5 Å². The van der Waals surface area contributed by atoms with Gasteiger partial charge in [-0.2, -0.15) is 5.10 Å². The predicted octanol–water partition coefficient (Wildman–Crippen LogP) is 3.30. The zero-order chi connectivity index (χ0) is 17.8. The number of hydrogen-bond acceptors (Lipinski definition) is 3. The Morgan fingerprint density at radius 1 is 1.36 bits per heavy atom. The maximum Gasteiger partial charge on any atom is 0.254 e. The van der Waals surface area contributed by atoms with Gasteiger partial charge in [-0.15, -0.1) is 0 Å². The molecule has 6 heteroatoms. The van der Waals surface area contributed by atoms with Crippen LogP contribution in [0.15, 0.2) is 30.5 Å². The molecule has 5 nitrogen and oxygen atoms in total. The number of aromatic nitrogens is 2. The first kappa shape index (κ1) is 18.0. The summed E-state index contributed by atoms with van der Waals surface area (Å²) in [6.07, 6.45) is 5.11. The minimum Gasteiger partial charge on any atom is -0.352 e. The topological polar surface area (TPSA) is 50.2 Å². The van der Waals surface area contributed by atoms with Crippen LogP contribution in [0.5, 0.6) is 0 Å². The summed E-state index contributed by atoms with van der Waals surface area (Å²) >= 11 is 6.04. The van der Waals surface area contributed by atoms with Gasteiger partial charge in [0.05, 0.1) is 23.1 Å². The zero-order valence-electron chi connectivity index (χ0n) is 14.8. The Labute approximate surface area is 154 Å². The number of likely N-dealkylation sites (tertiary alicyclic amines) is 1. The van der Waals surface area contributed by atoms with Crippen molar-refractivity contribution in [2.45, 2.75) is 26.2 Å². The molecule has 1 aromatic carbocycles. The molecule has 1 fully saturated rings. The third-order valence-corrected chi connectivity index (χ3v) is 5.22. The number of nitrogens with zero attached hydrogens (tertiary/aromatic N) is 3. The fraction of sp³-hybridized carbons (Fsp3) is 0.474. The Morgan fingerprint density at radius 3 is 2.84 bits per heavy atom. The minimum atomic E-state index is -0.0568. The van der Waals surface area contributed by atoms with Crippen molar-refractivity contribution in [3.05, 3.63) is 46.7 Å². The quantitative estimate of drug-likeness (QED) is 0.890. The van der Waals surface area contributed by atoms with Crippen LogP contribution in [0.2, 0.25) is 5.02 Å². The van der Waals surface area contributed by atoms with Gasteiger partial charge >= 0.3 is 0 Å². The van der Waals surface area contributed by atoms with Crippen LogP contribution in [0.3, 0.4) is 0 Å². The van der Waals surface area contributed by atoms with E-state index in [9.17, 15) is 4.79 Å². The summed E-state index contributed by atoms with van der Waals surface area (Å²) in [5.74, 6) is 0.658. The van der Waals surface area contributed by atoms with Crippen LogP contribution in [-0.4, -0.2) is 47.3 Å². The minimum absolute atomic E-state index is 0.0568. The molecule has 1 aliphatic heterocycles. The van der Waals surface area contributed by atoms with Crippen molar-refractivity contribution in [2.75, 3.05) is 26.7 Å². The van der Waals surface area contributed by atoms with Gasteiger partial charge in [-0.1, -0.05) is 17.7 Å². The van der Waals surface area contributed by atoms with Gasteiger partial charge < -0.3 is 10.2 Å². The first-order chi connectivity index (χ1) is 12.0. The van der Waals surface area contributed by atoms with Crippen LogP contribution in [-0.2, 0) is 0 Å². The van der Waals surface area contributed by atoms with Crippen molar-refractivity contribution < 1.29 is 4.79 Å². The molecule has 2 heterocycles. The lowest BCUT2D eigenvalue weighted by molar-refractivity contribution is 0.0948. The number of benzene rings is 1. The van der Waals surface area contributed by atoms with Gasteiger partial charge in [0.1, 0.15) is 0 Å². The Balaban J connectivity index is 1.58. The lowest BCUT2D eigenvalue weighted by Gasteiger charge is -2.28. The second-order valence-electron chi connectivity index (χ2n) is 6.83. The molecule has 0 atom stereocenters. The average molecular weight is 361 g/mol. The maximum atomic E-state index is 12.5. The van der Waals surface area contributed by atoms with Gasteiger partial charge in [-0.25, -0.2) is 4.68 Å². The van der Waals surface area contributed by atoms with Crippen molar-refractivity contribution in [2.24, 2.45) is 5.92 Å². The summed E-state index contributed by atoms with van der Waals surface area (Å²) in [5, 5.41) is 8.04.